The zero-order chi connectivity index (χ0) is 13.6. The Labute approximate surface area is 106 Å². The van der Waals surface area contributed by atoms with Crippen molar-refractivity contribution in [2.75, 3.05) is 17.6 Å². The van der Waals surface area contributed by atoms with E-state index in [9.17, 15) is 18.3 Å². The lowest BCUT2D eigenvalue weighted by molar-refractivity contribution is -0.140. The first kappa shape index (κ1) is 14.3. The van der Waals surface area contributed by atoms with E-state index in [4.69, 9.17) is 0 Å². The fourth-order valence-electron chi connectivity index (χ4n) is 1.29. The molecule has 0 spiro atoms. The number of phenols is 1. The standard InChI is InChI=1S/C11H15NO5S/c1-17-11(14)7-4-8-18(15,16)12-9-5-2-3-6-10(9)13/h2-3,5-6,12-13H,4,7-8H2,1H3. The van der Waals surface area contributed by atoms with E-state index in [1.165, 1.54) is 19.2 Å². The monoisotopic (exact) mass is 273 g/mol. The summed E-state index contributed by atoms with van der Waals surface area (Å²) in [5.41, 5.74) is 0.121. The van der Waals surface area contributed by atoms with Crippen molar-refractivity contribution in [2.24, 2.45) is 0 Å². The number of nitrogens with one attached hydrogen (secondary N) is 1. The van der Waals surface area contributed by atoms with Gasteiger partial charge >= 0.3 is 5.97 Å². The quantitative estimate of drug-likeness (QED) is 0.598. The van der Waals surface area contributed by atoms with Crippen LogP contribution in [-0.4, -0.2) is 32.4 Å². The highest BCUT2D eigenvalue weighted by Crippen LogP contribution is 2.22. The summed E-state index contributed by atoms with van der Waals surface area (Å²) in [6.07, 6.45) is 0.202. The molecule has 2 N–H and O–H groups in total. The number of benzene rings is 1. The number of anilines is 1. The van der Waals surface area contributed by atoms with Crippen molar-refractivity contribution in [3.8, 4) is 5.75 Å². The number of hydrogen-bond acceptors (Lipinski definition) is 5. The molecule has 0 saturated heterocycles. The van der Waals surface area contributed by atoms with Gasteiger partial charge in [-0.25, -0.2) is 8.42 Å². The van der Waals surface area contributed by atoms with Crippen LogP contribution in [0.2, 0.25) is 0 Å². The molecule has 0 aromatic heterocycles. The second kappa shape index (κ2) is 6.25. The van der Waals surface area contributed by atoms with Crippen LogP contribution in [0.1, 0.15) is 12.8 Å². The molecule has 18 heavy (non-hydrogen) atoms. The van der Waals surface area contributed by atoms with Gasteiger partial charge in [0.15, 0.2) is 0 Å². The van der Waals surface area contributed by atoms with Gasteiger partial charge in [0.05, 0.1) is 18.6 Å². The Hall–Kier alpha value is -1.76. The molecule has 0 fully saturated rings. The predicted octanol–water partition coefficient (Wildman–Crippen LogP) is 1.09. The van der Waals surface area contributed by atoms with E-state index in [0.717, 1.165) is 0 Å². The zero-order valence-corrected chi connectivity index (χ0v) is 10.7. The van der Waals surface area contributed by atoms with E-state index in [-0.39, 0.29) is 30.0 Å². The number of phenolic OH excluding ortho intramolecular Hbond substituents is 1. The minimum absolute atomic E-state index is 0.0399. The maximum absolute atomic E-state index is 11.6. The number of sulfonamides is 1. The fraction of sp³-hybridized carbons (Fsp3) is 0.364. The zero-order valence-electron chi connectivity index (χ0n) is 9.92. The Kier molecular flexibility index (Phi) is 4.96. The maximum Gasteiger partial charge on any atom is 0.305 e. The van der Waals surface area contributed by atoms with Crippen molar-refractivity contribution in [3.05, 3.63) is 24.3 Å². The van der Waals surface area contributed by atoms with E-state index in [2.05, 4.69) is 9.46 Å². The molecule has 0 bridgehead atoms. The summed E-state index contributed by atoms with van der Waals surface area (Å²) in [6.45, 7) is 0. The van der Waals surface area contributed by atoms with E-state index in [1.807, 2.05) is 0 Å². The highest BCUT2D eigenvalue weighted by molar-refractivity contribution is 7.92. The van der Waals surface area contributed by atoms with Gasteiger partial charge in [0.1, 0.15) is 5.75 Å². The number of rotatable bonds is 6. The Bertz CT molecular complexity index is 512. The minimum atomic E-state index is -3.58. The molecule has 0 unspecified atom stereocenters. The molecule has 6 nitrogen and oxygen atoms in total. The molecule has 1 aromatic carbocycles. The lowest BCUT2D eigenvalue weighted by Crippen LogP contribution is -2.17. The van der Waals surface area contributed by atoms with Crippen molar-refractivity contribution in [1.29, 1.82) is 0 Å². The van der Waals surface area contributed by atoms with Gasteiger partial charge in [-0.05, 0) is 18.6 Å². The van der Waals surface area contributed by atoms with Crippen LogP contribution in [0.3, 0.4) is 0 Å². The molecule has 0 atom stereocenters. The minimum Gasteiger partial charge on any atom is -0.506 e. The molecule has 0 amide bonds. The molecule has 0 aliphatic heterocycles. The van der Waals surface area contributed by atoms with E-state index in [0.29, 0.717) is 0 Å². The number of para-hydroxylation sites is 2. The first-order valence-electron chi connectivity index (χ1n) is 5.30. The van der Waals surface area contributed by atoms with Crippen molar-refractivity contribution >= 4 is 21.7 Å². The number of methoxy groups -OCH3 is 1. The van der Waals surface area contributed by atoms with Crippen molar-refractivity contribution < 1.29 is 23.1 Å². The first-order chi connectivity index (χ1) is 8.44. The summed E-state index contributed by atoms with van der Waals surface area (Å²) in [5.74, 6) is -0.807. The van der Waals surface area contributed by atoms with Crippen LogP contribution in [0.5, 0.6) is 5.75 Å². The topological polar surface area (TPSA) is 92.7 Å². The van der Waals surface area contributed by atoms with Gasteiger partial charge in [-0.15, -0.1) is 0 Å². The Morgan fingerprint density at radius 1 is 1.39 bits per heavy atom. The van der Waals surface area contributed by atoms with Crippen LogP contribution in [0.15, 0.2) is 24.3 Å². The van der Waals surface area contributed by atoms with E-state index in [1.54, 1.807) is 12.1 Å². The molecule has 0 saturated carbocycles. The normalized spacial score (nSPS) is 10.9. The van der Waals surface area contributed by atoms with Gasteiger partial charge in [0, 0.05) is 6.42 Å². The molecule has 1 aromatic rings. The molecule has 0 radical (unpaired) electrons. The van der Waals surface area contributed by atoms with Crippen LogP contribution in [0, 0.1) is 0 Å². The third-order valence-corrected chi connectivity index (χ3v) is 3.55. The van der Waals surface area contributed by atoms with Crippen molar-refractivity contribution in [2.45, 2.75) is 12.8 Å². The molecule has 0 aliphatic rings. The molecular formula is C11H15NO5S. The molecular weight excluding hydrogens is 258 g/mol. The fourth-order valence-corrected chi connectivity index (χ4v) is 2.42. The van der Waals surface area contributed by atoms with Crippen LogP contribution < -0.4 is 4.72 Å². The largest absolute Gasteiger partial charge is 0.506 e. The molecule has 0 aliphatic carbocycles. The summed E-state index contributed by atoms with van der Waals surface area (Å²) in [4.78, 5) is 10.8. The number of carbonyl (C=O) groups is 1. The number of hydrogen-bond donors (Lipinski definition) is 2. The SMILES string of the molecule is COC(=O)CCCS(=O)(=O)Nc1ccccc1O. The van der Waals surface area contributed by atoms with Crippen LogP contribution >= 0.6 is 0 Å². The summed E-state index contributed by atoms with van der Waals surface area (Å²) < 4.78 is 30.0. The average molecular weight is 273 g/mol. The van der Waals surface area contributed by atoms with Crippen LogP contribution in [0.25, 0.3) is 0 Å². The molecule has 1 rings (SSSR count). The summed E-state index contributed by atoms with van der Waals surface area (Å²) in [7, 11) is -2.33. The molecule has 0 heterocycles. The highest BCUT2D eigenvalue weighted by atomic mass is 32.2. The van der Waals surface area contributed by atoms with Gasteiger partial charge in [0.2, 0.25) is 10.0 Å². The van der Waals surface area contributed by atoms with Gasteiger partial charge in [-0.1, -0.05) is 12.1 Å². The Morgan fingerprint density at radius 2 is 2.06 bits per heavy atom. The maximum atomic E-state index is 11.6. The van der Waals surface area contributed by atoms with Crippen molar-refractivity contribution in [3.63, 3.8) is 0 Å². The van der Waals surface area contributed by atoms with Crippen molar-refractivity contribution in [1.82, 2.24) is 0 Å². The second-order valence-electron chi connectivity index (χ2n) is 3.62. The highest BCUT2D eigenvalue weighted by Gasteiger charge is 2.13. The van der Waals surface area contributed by atoms with Gasteiger partial charge in [-0.2, -0.15) is 0 Å². The van der Waals surface area contributed by atoms with Crippen LogP contribution in [-0.2, 0) is 19.6 Å². The van der Waals surface area contributed by atoms with E-state index >= 15 is 0 Å². The summed E-state index contributed by atoms with van der Waals surface area (Å²) >= 11 is 0. The first-order valence-corrected chi connectivity index (χ1v) is 6.95. The lowest BCUT2D eigenvalue weighted by Gasteiger charge is -2.08. The number of esters is 1. The number of carbonyl (C=O) groups excluding carboxylic acids is 1. The Balaban J connectivity index is 2.55. The second-order valence-corrected chi connectivity index (χ2v) is 5.46. The van der Waals surface area contributed by atoms with Crippen LogP contribution in [0.4, 0.5) is 5.69 Å². The summed E-state index contributed by atoms with van der Waals surface area (Å²) in [6, 6.07) is 6.02. The lowest BCUT2D eigenvalue weighted by atomic mass is 10.3. The van der Waals surface area contributed by atoms with Gasteiger partial charge < -0.3 is 9.84 Å². The Morgan fingerprint density at radius 3 is 2.67 bits per heavy atom. The molecule has 100 valence electrons. The number of aromatic hydroxyl groups is 1. The van der Waals surface area contributed by atoms with E-state index < -0.39 is 16.0 Å². The smallest absolute Gasteiger partial charge is 0.305 e. The van der Waals surface area contributed by atoms with Gasteiger partial charge in [-0.3, -0.25) is 9.52 Å². The van der Waals surface area contributed by atoms with Gasteiger partial charge in [0.25, 0.3) is 0 Å². The molecule has 7 heteroatoms. The third kappa shape index (κ3) is 4.62. The number of ether oxygens (including phenoxy) is 1. The predicted molar refractivity (Wildman–Crippen MR) is 66.8 cm³/mol. The summed E-state index contributed by atoms with van der Waals surface area (Å²) in [5, 5.41) is 9.42. The third-order valence-electron chi connectivity index (χ3n) is 2.19. The average Bonchev–Trinajstić information content (AvgIpc) is 2.31.